The van der Waals surface area contributed by atoms with Gasteiger partial charge >= 0.3 is 0 Å². The second-order valence-corrected chi connectivity index (χ2v) is 8.05. The highest BCUT2D eigenvalue weighted by molar-refractivity contribution is 5.15. The Morgan fingerprint density at radius 2 is 0.636 bits per heavy atom. The first kappa shape index (κ1) is 20.0. The average molecular weight is 309 g/mol. The van der Waals surface area contributed by atoms with Gasteiger partial charge in [0.15, 0.2) is 0 Å². The molecule has 22 heavy (non-hydrogen) atoms. The van der Waals surface area contributed by atoms with E-state index in [0.717, 1.165) is 0 Å². The Bertz CT molecular complexity index is 288. The maximum absolute atomic E-state index is 2.50. The van der Waals surface area contributed by atoms with Crippen LogP contribution >= 0.6 is 0 Å². The van der Waals surface area contributed by atoms with Gasteiger partial charge in [-0.25, -0.2) is 0 Å². The van der Waals surface area contributed by atoms with Crippen molar-refractivity contribution in [1.29, 1.82) is 0 Å². The van der Waals surface area contributed by atoms with Gasteiger partial charge < -0.3 is 0 Å². The summed E-state index contributed by atoms with van der Waals surface area (Å²) in [6, 6.07) is 0. The predicted molar refractivity (Wildman–Crippen MR) is 101 cm³/mol. The summed E-state index contributed by atoms with van der Waals surface area (Å²) in [7, 11) is 0. The van der Waals surface area contributed by atoms with Crippen LogP contribution in [0.4, 0.5) is 0 Å². The van der Waals surface area contributed by atoms with Crippen molar-refractivity contribution < 1.29 is 0 Å². The molecule has 1 saturated carbocycles. The lowest BCUT2D eigenvalue weighted by Crippen LogP contribution is -2.63. The van der Waals surface area contributed by atoms with Crippen LogP contribution in [-0.2, 0) is 0 Å². The minimum Gasteiger partial charge on any atom is -0.0648 e. The zero-order chi connectivity index (χ0) is 17.1. The lowest BCUT2D eigenvalue weighted by Gasteiger charge is -2.71. The smallest absolute Gasteiger partial charge is 0.0185 e. The fraction of sp³-hybridized carbons (Fsp3) is 1.00. The van der Waals surface area contributed by atoms with E-state index in [1.54, 1.807) is 0 Å². The van der Waals surface area contributed by atoms with E-state index in [9.17, 15) is 0 Å². The van der Waals surface area contributed by atoms with Gasteiger partial charge in [-0.3, -0.25) is 0 Å². The molecule has 0 aliphatic heterocycles. The molecular formula is C22H44. The van der Waals surface area contributed by atoms with Gasteiger partial charge in [-0.15, -0.1) is 0 Å². The molecule has 0 aromatic rings. The molecule has 0 amide bonds. The van der Waals surface area contributed by atoms with Gasteiger partial charge in [0.25, 0.3) is 0 Å². The second-order valence-electron chi connectivity index (χ2n) is 8.05. The van der Waals surface area contributed by atoms with E-state index >= 15 is 0 Å². The molecule has 1 rings (SSSR count). The topological polar surface area (TPSA) is 0 Å². The van der Waals surface area contributed by atoms with Gasteiger partial charge in [0.05, 0.1) is 0 Å². The van der Waals surface area contributed by atoms with Gasteiger partial charge in [-0.2, -0.15) is 0 Å². The van der Waals surface area contributed by atoms with Crippen LogP contribution < -0.4 is 0 Å². The molecule has 0 spiro atoms. The van der Waals surface area contributed by atoms with E-state index in [-0.39, 0.29) is 0 Å². The Balaban J connectivity index is 3.71. The van der Waals surface area contributed by atoms with Crippen molar-refractivity contribution >= 4 is 0 Å². The summed E-state index contributed by atoms with van der Waals surface area (Å²) < 4.78 is 0. The van der Waals surface area contributed by atoms with E-state index in [1.807, 2.05) is 0 Å². The summed E-state index contributed by atoms with van der Waals surface area (Å²) in [5, 5.41) is 0. The van der Waals surface area contributed by atoms with E-state index < -0.39 is 0 Å². The predicted octanol–water partition coefficient (Wildman–Crippen LogP) is 8.01. The quantitative estimate of drug-likeness (QED) is 0.426. The molecule has 1 aliphatic rings. The van der Waals surface area contributed by atoms with Crippen LogP contribution in [0, 0.1) is 21.7 Å². The molecule has 0 nitrogen and oxygen atoms in total. The van der Waals surface area contributed by atoms with E-state index in [1.165, 1.54) is 64.2 Å². The largest absolute Gasteiger partial charge is 0.0648 e. The van der Waals surface area contributed by atoms with Crippen LogP contribution in [0.25, 0.3) is 0 Å². The first-order chi connectivity index (χ1) is 10.4. The Morgan fingerprint density at radius 3 is 0.773 bits per heavy atom. The summed E-state index contributed by atoms with van der Waals surface area (Å²) in [4.78, 5) is 0. The highest BCUT2D eigenvalue weighted by Crippen LogP contribution is 2.75. The van der Waals surface area contributed by atoms with Crippen molar-refractivity contribution in [1.82, 2.24) is 0 Å². The molecule has 132 valence electrons. The summed E-state index contributed by atoms with van der Waals surface area (Å²) in [5.41, 5.74) is 2.18. The average Bonchev–Trinajstić information content (AvgIpc) is 2.59. The molecule has 1 aliphatic carbocycles. The van der Waals surface area contributed by atoms with Gasteiger partial charge in [0.2, 0.25) is 0 Å². The fourth-order valence-corrected chi connectivity index (χ4v) is 7.89. The Labute approximate surface area is 141 Å². The van der Waals surface area contributed by atoms with Crippen molar-refractivity contribution in [3.63, 3.8) is 0 Å². The van der Waals surface area contributed by atoms with Crippen LogP contribution in [0.3, 0.4) is 0 Å². The minimum atomic E-state index is 0.525. The Kier molecular flexibility index (Phi) is 6.62. The number of rotatable bonds is 8. The molecular weight excluding hydrogens is 264 g/mol. The molecule has 0 heterocycles. The highest BCUT2D eigenvalue weighted by Gasteiger charge is 2.66. The molecule has 1 fully saturated rings. The van der Waals surface area contributed by atoms with Crippen LogP contribution in [0.15, 0.2) is 0 Å². The number of hydrogen-bond acceptors (Lipinski definition) is 0. The van der Waals surface area contributed by atoms with Crippen molar-refractivity contribution in [3.8, 4) is 0 Å². The molecule has 0 radical (unpaired) electrons. The molecule has 0 aromatic carbocycles. The first-order valence-corrected chi connectivity index (χ1v) is 10.4. The lowest BCUT2D eigenvalue weighted by molar-refractivity contribution is -0.223. The Morgan fingerprint density at radius 1 is 0.409 bits per heavy atom. The van der Waals surface area contributed by atoms with Gasteiger partial charge in [0, 0.05) is 0 Å². The second kappa shape index (κ2) is 7.27. The summed E-state index contributed by atoms with van der Waals surface area (Å²) in [5.74, 6) is 0. The molecule has 0 N–H and O–H groups in total. The van der Waals surface area contributed by atoms with E-state index in [4.69, 9.17) is 0 Å². The molecule has 0 bridgehead atoms. The zero-order valence-corrected chi connectivity index (χ0v) is 17.1. The molecule has 0 saturated heterocycles. The fourth-order valence-electron chi connectivity index (χ4n) is 7.89. The maximum Gasteiger partial charge on any atom is -0.0185 e. The van der Waals surface area contributed by atoms with Crippen LogP contribution in [0.5, 0.6) is 0 Å². The molecule has 0 atom stereocenters. The van der Waals surface area contributed by atoms with Crippen LogP contribution in [0.1, 0.15) is 120 Å². The van der Waals surface area contributed by atoms with Gasteiger partial charge in [-0.1, -0.05) is 55.4 Å². The standard InChI is InChI=1S/C22H44/c1-9-19(10-2)17-18-20(11-3,12-4)22(15-7,16-8)21(19,13-5)14-6/h9-18H2,1-8H3. The first-order valence-electron chi connectivity index (χ1n) is 10.4. The summed E-state index contributed by atoms with van der Waals surface area (Å²) in [6.45, 7) is 19.9. The van der Waals surface area contributed by atoms with Crippen molar-refractivity contribution in [2.45, 2.75) is 120 Å². The maximum atomic E-state index is 2.50. The van der Waals surface area contributed by atoms with Crippen molar-refractivity contribution in [2.24, 2.45) is 21.7 Å². The third-order valence-electron chi connectivity index (χ3n) is 9.15. The zero-order valence-electron chi connectivity index (χ0n) is 17.1. The van der Waals surface area contributed by atoms with Crippen LogP contribution in [0.2, 0.25) is 0 Å². The summed E-state index contributed by atoms with van der Waals surface area (Å²) >= 11 is 0. The monoisotopic (exact) mass is 308 g/mol. The minimum absolute atomic E-state index is 0.525. The van der Waals surface area contributed by atoms with Crippen molar-refractivity contribution in [3.05, 3.63) is 0 Å². The normalized spacial score (nSPS) is 25.1. The van der Waals surface area contributed by atoms with E-state index in [0.29, 0.717) is 21.7 Å². The van der Waals surface area contributed by atoms with Gasteiger partial charge in [0.1, 0.15) is 0 Å². The SMILES string of the molecule is CCC1(CC)CCC(CC)(CC)C(CC)(CC)C1(CC)CC. The highest BCUT2D eigenvalue weighted by atomic mass is 14.7. The Hall–Kier alpha value is 0. The lowest BCUT2D eigenvalue weighted by atomic mass is 9.33. The summed E-state index contributed by atoms with van der Waals surface area (Å²) in [6.07, 6.45) is 13.9. The molecule has 0 aromatic heterocycles. The number of hydrogen-bond donors (Lipinski definition) is 0. The third kappa shape index (κ3) is 2.15. The third-order valence-corrected chi connectivity index (χ3v) is 9.15. The van der Waals surface area contributed by atoms with E-state index in [2.05, 4.69) is 55.4 Å². The van der Waals surface area contributed by atoms with Gasteiger partial charge in [-0.05, 0) is 85.9 Å². The van der Waals surface area contributed by atoms with Crippen molar-refractivity contribution in [2.75, 3.05) is 0 Å². The molecule has 0 unspecified atom stereocenters. The molecule has 0 heteroatoms. The van der Waals surface area contributed by atoms with Crippen LogP contribution in [-0.4, -0.2) is 0 Å².